The van der Waals surface area contributed by atoms with Crippen molar-refractivity contribution < 1.29 is 31.1 Å². The first-order valence-corrected chi connectivity index (χ1v) is 10.6. The molecule has 1 amide bonds. The Morgan fingerprint density at radius 1 is 1.33 bits per heavy atom. The zero-order chi connectivity index (χ0) is 21.6. The molecule has 3 heterocycles. The molecule has 0 bridgehead atoms. The van der Waals surface area contributed by atoms with Crippen LogP contribution in [-0.4, -0.2) is 44.6 Å². The van der Waals surface area contributed by atoms with E-state index in [-0.39, 0.29) is 40.6 Å². The van der Waals surface area contributed by atoms with Gasteiger partial charge < -0.3 is 19.9 Å². The number of fused-ring (bicyclic) bond motifs is 2. The van der Waals surface area contributed by atoms with Crippen molar-refractivity contribution in [3.8, 4) is 5.75 Å². The van der Waals surface area contributed by atoms with Gasteiger partial charge in [-0.15, -0.1) is 0 Å². The molecule has 1 fully saturated rings. The molecule has 1 saturated heterocycles. The van der Waals surface area contributed by atoms with Gasteiger partial charge in [-0.25, -0.2) is 26.3 Å². The van der Waals surface area contributed by atoms with Crippen LogP contribution in [0.15, 0.2) is 29.3 Å². The molecule has 3 N–H and O–H groups in total. The van der Waals surface area contributed by atoms with Gasteiger partial charge in [0.25, 0.3) is 12.3 Å². The average Bonchev–Trinajstić information content (AvgIpc) is 3.23. The molecule has 1 aromatic heterocycles. The van der Waals surface area contributed by atoms with Crippen LogP contribution >= 0.6 is 0 Å². The van der Waals surface area contributed by atoms with Gasteiger partial charge in [-0.2, -0.15) is 0 Å². The van der Waals surface area contributed by atoms with Crippen molar-refractivity contribution >= 4 is 21.6 Å². The first-order chi connectivity index (χ1) is 14.2. The van der Waals surface area contributed by atoms with Crippen LogP contribution in [0.5, 0.6) is 5.75 Å². The lowest BCUT2D eigenvalue weighted by Crippen LogP contribution is -2.43. The summed E-state index contributed by atoms with van der Waals surface area (Å²) in [6.45, 7) is 1.21. The van der Waals surface area contributed by atoms with E-state index >= 15 is 0 Å². The highest BCUT2D eigenvalue weighted by molar-refractivity contribution is 7.89. The number of aryl methyl sites for hydroxylation is 1. The number of halogens is 3. The van der Waals surface area contributed by atoms with Gasteiger partial charge in [-0.3, -0.25) is 4.79 Å². The van der Waals surface area contributed by atoms with Crippen LogP contribution in [0.25, 0.3) is 0 Å². The van der Waals surface area contributed by atoms with Crippen LogP contribution in [0.3, 0.4) is 0 Å². The quantitative estimate of drug-likeness (QED) is 0.668. The maximum Gasteiger partial charge on any atom is 0.276 e. The third-order valence-electron chi connectivity index (χ3n) is 5.18. The normalized spacial score (nSPS) is 22.6. The highest BCUT2D eigenvalue weighted by Crippen LogP contribution is 2.34. The van der Waals surface area contributed by atoms with Gasteiger partial charge in [0.15, 0.2) is 11.4 Å². The molecule has 8 nitrogen and oxygen atoms in total. The Morgan fingerprint density at radius 2 is 2.10 bits per heavy atom. The van der Waals surface area contributed by atoms with E-state index in [1.807, 2.05) is 0 Å². The third kappa shape index (κ3) is 3.66. The first kappa shape index (κ1) is 20.7. The van der Waals surface area contributed by atoms with Crippen LogP contribution in [-0.2, 0) is 17.1 Å². The fourth-order valence-corrected chi connectivity index (χ4v) is 5.15. The second-order valence-electron chi connectivity index (χ2n) is 7.23. The molecular weight excluding hydrogens is 425 g/mol. The molecule has 0 saturated carbocycles. The molecule has 2 aliphatic heterocycles. The Balaban J connectivity index is 1.68. The minimum absolute atomic E-state index is 0.0569. The third-order valence-corrected chi connectivity index (χ3v) is 6.67. The molecule has 2 atom stereocenters. The predicted molar refractivity (Wildman–Crippen MR) is 101 cm³/mol. The standard InChI is InChI=1S/C18H19F3N4O4S/c1-25-7-14-16(29-8-9-5-22-6-13(9)24-30(14,27)28)15(25)18(26)23-10-2-3-12(19)11(4-10)17(20)21/h2-4,7,9,13,17,22,24H,5-6,8H2,1H3,(H,23,26). The van der Waals surface area contributed by atoms with Crippen molar-refractivity contribution in [2.24, 2.45) is 13.0 Å². The molecule has 162 valence electrons. The number of carbonyl (C=O) groups excluding carboxylic acids is 1. The molecule has 2 aliphatic rings. The fourth-order valence-electron chi connectivity index (χ4n) is 3.65. The molecule has 12 heteroatoms. The van der Waals surface area contributed by atoms with Crippen molar-refractivity contribution in [3.05, 3.63) is 41.5 Å². The Kier molecular flexibility index (Phi) is 5.24. The summed E-state index contributed by atoms with van der Waals surface area (Å²) in [4.78, 5) is 12.7. The van der Waals surface area contributed by atoms with Crippen molar-refractivity contribution in [1.82, 2.24) is 14.6 Å². The lowest BCUT2D eigenvalue weighted by molar-refractivity contribution is 0.101. The van der Waals surface area contributed by atoms with Gasteiger partial charge in [0.2, 0.25) is 10.0 Å². The first-order valence-electron chi connectivity index (χ1n) is 9.11. The minimum Gasteiger partial charge on any atom is -0.489 e. The summed E-state index contributed by atoms with van der Waals surface area (Å²) in [6.07, 6.45) is -1.80. The van der Waals surface area contributed by atoms with E-state index in [2.05, 4.69) is 15.4 Å². The summed E-state index contributed by atoms with van der Waals surface area (Å²) in [6, 6.07) is 2.47. The Bertz CT molecular complexity index is 1100. The van der Waals surface area contributed by atoms with Crippen molar-refractivity contribution in [1.29, 1.82) is 0 Å². The summed E-state index contributed by atoms with van der Waals surface area (Å²) in [5, 5.41) is 5.49. The number of hydrogen-bond acceptors (Lipinski definition) is 5. The second kappa shape index (κ2) is 7.60. The molecule has 2 aromatic rings. The predicted octanol–water partition coefficient (Wildman–Crippen LogP) is 1.61. The summed E-state index contributed by atoms with van der Waals surface area (Å²) < 4.78 is 74.6. The number of hydrogen-bond donors (Lipinski definition) is 3. The van der Waals surface area contributed by atoms with Crippen LogP contribution < -0.4 is 20.1 Å². The van der Waals surface area contributed by atoms with Gasteiger partial charge in [0, 0.05) is 44.0 Å². The minimum atomic E-state index is -3.95. The maximum atomic E-state index is 13.5. The van der Waals surface area contributed by atoms with Crippen LogP contribution in [0.2, 0.25) is 0 Å². The van der Waals surface area contributed by atoms with Gasteiger partial charge in [0.05, 0.1) is 12.2 Å². The number of amides is 1. The van der Waals surface area contributed by atoms with E-state index in [4.69, 9.17) is 4.74 Å². The van der Waals surface area contributed by atoms with Gasteiger partial charge in [-0.1, -0.05) is 0 Å². The molecular formula is C18H19F3N4O4S. The molecule has 4 rings (SSSR count). The Labute approximate surface area is 170 Å². The zero-order valence-corrected chi connectivity index (χ0v) is 16.6. The number of rotatable bonds is 3. The van der Waals surface area contributed by atoms with E-state index in [1.165, 1.54) is 17.8 Å². The zero-order valence-electron chi connectivity index (χ0n) is 15.8. The van der Waals surface area contributed by atoms with Gasteiger partial charge in [0.1, 0.15) is 10.7 Å². The monoisotopic (exact) mass is 444 g/mol. The smallest absolute Gasteiger partial charge is 0.276 e. The number of nitrogens with one attached hydrogen (secondary N) is 3. The summed E-state index contributed by atoms with van der Waals surface area (Å²) >= 11 is 0. The van der Waals surface area contributed by atoms with Crippen LogP contribution in [0.4, 0.5) is 18.9 Å². The van der Waals surface area contributed by atoms with Crippen LogP contribution in [0, 0.1) is 11.7 Å². The molecule has 0 aliphatic carbocycles. The SMILES string of the molecule is Cn1cc2c(c1C(=O)Nc1ccc(F)c(C(F)F)c1)OCC1CNCC1NS2(=O)=O. The average molecular weight is 444 g/mol. The summed E-state index contributed by atoms with van der Waals surface area (Å²) in [7, 11) is -2.48. The summed E-state index contributed by atoms with van der Waals surface area (Å²) in [5.74, 6) is -2.10. The lowest BCUT2D eigenvalue weighted by Gasteiger charge is -2.24. The number of sulfonamides is 1. The molecule has 0 radical (unpaired) electrons. The molecule has 30 heavy (non-hydrogen) atoms. The second-order valence-corrected chi connectivity index (χ2v) is 8.91. The van der Waals surface area contributed by atoms with Crippen molar-refractivity contribution in [2.75, 3.05) is 25.0 Å². The number of benzene rings is 1. The summed E-state index contributed by atoms with van der Waals surface area (Å²) in [5.41, 5.74) is -1.00. The molecule has 0 spiro atoms. The molecule has 2 unspecified atom stereocenters. The number of nitrogens with zero attached hydrogens (tertiary/aromatic N) is 1. The van der Waals surface area contributed by atoms with E-state index in [0.29, 0.717) is 13.1 Å². The van der Waals surface area contributed by atoms with Gasteiger partial charge >= 0.3 is 0 Å². The fraction of sp³-hybridized carbons (Fsp3) is 0.389. The van der Waals surface area contributed by atoms with E-state index < -0.39 is 33.7 Å². The Hall–Kier alpha value is -2.57. The van der Waals surface area contributed by atoms with Crippen LogP contribution in [0.1, 0.15) is 22.5 Å². The largest absolute Gasteiger partial charge is 0.489 e. The lowest BCUT2D eigenvalue weighted by atomic mass is 10.1. The number of anilines is 1. The number of carbonyl (C=O) groups is 1. The maximum absolute atomic E-state index is 13.5. The number of aromatic nitrogens is 1. The highest BCUT2D eigenvalue weighted by Gasteiger charge is 2.38. The highest BCUT2D eigenvalue weighted by atomic mass is 32.2. The van der Waals surface area contributed by atoms with Gasteiger partial charge in [-0.05, 0) is 18.2 Å². The topological polar surface area (TPSA) is 101 Å². The van der Waals surface area contributed by atoms with E-state index in [0.717, 1.165) is 18.2 Å². The van der Waals surface area contributed by atoms with E-state index in [9.17, 15) is 26.4 Å². The number of ether oxygens (including phenoxy) is 1. The van der Waals surface area contributed by atoms with E-state index in [1.54, 1.807) is 0 Å². The van der Waals surface area contributed by atoms with Crippen molar-refractivity contribution in [2.45, 2.75) is 17.4 Å². The number of alkyl halides is 2. The molecule has 1 aromatic carbocycles. The Morgan fingerprint density at radius 3 is 2.83 bits per heavy atom. The van der Waals surface area contributed by atoms with Crippen molar-refractivity contribution in [3.63, 3.8) is 0 Å².